The molecule has 82 valence electrons. The molecule has 0 aliphatic carbocycles. The maximum atomic E-state index is 5.84. The number of hydrogen-bond acceptors (Lipinski definition) is 2. The van der Waals surface area contributed by atoms with E-state index in [-0.39, 0.29) is 6.04 Å². The fourth-order valence-corrected chi connectivity index (χ4v) is 2.30. The van der Waals surface area contributed by atoms with Gasteiger partial charge >= 0.3 is 0 Å². The Morgan fingerprint density at radius 2 is 1.73 bits per heavy atom. The van der Waals surface area contributed by atoms with Gasteiger partial charge in [0.05, 0.1) is 0 Å². The molecule has 0 radical (unpaired) electrons. The van der Waals surface area contributed by atoms with Gasteiger partial charge in [-0.3, -0.25) is 0 Å². The van der Waals surface area contributed by atoms with E-state index < -0.39 is 0 Å². The van der Waals surface area contributed by atoms with E-state index in [0.717, 1.165) is 19.6 Å². The highest BCUT2D eigenvalue weighted by Gasteiger charge is 2.13. The third kappa shape index (κ3) is 2.80. The molecule has 2 N–H and O–H groups in total. The van der Waals surface area contributed by atoms with Gasteiger partial charge in [-0.25, -0.2) is 0 Å². The van der Waals surface area contributed by atoms with E-state index in [2.05, 4.69) is 36.1 Å². The zero-order chi connectivity index (χ0) is 10.7. The largest absolute Gasteiger partial charge is 0.327 e. The van der Waals surface area contributed by atoms with Crippen LogP contribution in [-0.2, 0) is 12.8 Å². The molecule has 0 saturated carbocycles. The Bertz CT molecular complexity index is 293. The molecule has 1 aliphatic rings. The van der Waals surface area contributed by atoms with Crippen molar-refractivity contribution in [3.8, 4) is 0 Å². The highest BCUT2D eigenvalue weighted by molar-refractivity contribution is 5.28. The minimum Gasteiger partial charge on any atom is -0.327 e. The first kappa shape index (κ1) is 10.7. The Kier molecular flexibility index (Phi) is 3.39. The predicted octanol–water partition coefficient (Wildman–Crippen LogP) is 1.43. The molecule has 1 aromatic carbocycles. The van der Waals surface area contributed by atoms with E-state index in [4.69, 9.17) is 5.73 Å². The van der Waals surface area contributed by atoms with Crippen molar-refractivity contribution in [1.82, 2.24) is 4.90 Å². The Balaban J connectivity index is 2.02. The topological polar surface area (TPSA) is 29.3 Å². The van der Waals surface area contributed by atoms with Crippen LogP contribution >= 0.6 is 0 Å². The molecule has 1 atom stereocenters. The van der Waals surface area contributed by atoms with Crippen molar-refractivity contribution in [2.75, 3.05) is 19.6 Å². The van der Waals surface area contributed by atoms with Crippen molar-refractivity contribution in [3.63, 3.8) is 0 Å². The standard InChI is InChI=1S/C13H20N2/c1-11(14)10-15-8-6-12-4-2-3-5-13(12)7-9-15/h2-5,11H,6-10,14H2,1H3/t11-/m1/s1. The molecule has 1 aromatic rings. The molecule has 0 bridgehead atoms. The van der Waals surface area contributed by atoms with E-state index in [9.17, 15) is 0 Å². The molecule has 2 heteroatoms. The minimum absolute atomic E-state index is 0.284. The molecule has 1 heterocycles. The number of nitrogens with two attached hydrogens (primary N) is 1. The van der Waals surface area contributed by atoms with Gasteiger partial charge in [-0.1, -0.05) is 24.3 Å². The second-order valence-electron chi connectivity index (χ2n) is 4.55. The molecule has 0 spiro atoms. The predicted molar refractivity (Wildman–Crippen MR) is 63.9 cm³/mol. The van der Waals surface area contributed by atoms with Gasteiger partial charge in [-0.05, 0) is 30.9 Å². The third-order valence-electron chi connectivity index (χ3n) is 3.06. The van der Waals surface area contributed by atoms with Crippen LogP contribution in [0.4, 0.5) is 0 Å². The quantitative estimate of drug-likeness (QED) is 0.789. The average Bonchev–Trinajstić information content (AvgIpc) is 2.41. The zero-order valence-electron chi connectivity index (χ0n) is 9.45. The van der Waals surface area contributed by atoms with Crippen LogP contribution in [0.3, 0.4) is 0 Å². The van der Waals surface area contributed by atoms with Crippen LogP contribution in [0.2, 0.25) is 0 Å². The lowest BCUT2D eigenvalue weighted by atomic mass is 10.0. The second-order valence-corrected chi connectivity index (χ2v) is 4.55. The molecule has 1 aliphatic heterocycles. The van der Waals surface area contributed by atoms with E-state index in [1.54, 1.807) is 0 Å². The van der Waals surface area contributed by atoms with Crippen LogP contribution in [0, 0.1) is 0 Å². The SMILES string of the molecule is C[C@@H](N)CN1CCc2ccccc2CC1. The van der Waals surface area contributed by atoms with Crippen molar-refractivity contribution >= 4 is 0 Å². The van der Waals surface area contributed by atoms with Crippen molar-refractivity contribution in [1.29, 1.82) is 0 Å². The summed E-state index contributed by atoms with van der Waals surface area (Å²) in [5.41, 5.74) is 8.87. The van der Waals surface area contributed by atoms with E-state index >= 15 is 0 Å². The van der Waals surface area contributed by atoms with Crippen LogP contribution in [0.25, 0.3) is 0 Å². The van der Waals surface area contributed by atoms with Crippen molar-refractivity contribution in [2.24, 2.45) is 5.73 Å². The van der Waals surface area contributed by atoms with Gasteiger partial charge in [-0.2, -0.15) is 0 Å². The number of benzene rings is 1. The summed E-state index contributed by atoms with van der Waals surface area (Å²) in [5, 5.41) is 0. The van der Waals surface area contributed by atoms with Gasteiger partial charge in [0, 0.05) is 25.7 Å². The number of hydrogen-bond donors (Lipinski definition) is 1. The molecule has 15 heavy (non-hydrogen) atoms. The highest BCUT2D eigenvalue weighted by atomic mass is 15.1. The first-order valence-corrected chi connectivity index (χ1v) is 5.80. The maximum absolute atomic E-state index is 5.84. The number of fused-ring (bicyclic) bond motifs is 1. The van der Waals surface area contributed by atoms with E-state index in [0.29, 0.717) is 0 Å². The Morgan fingerprint density at radius 1 is 1.20 bits per heavy atom. The Hall–Kier alpha value is -0.860. The summed E-state index contributed by atoms with van der Waals surface area (Å²) >= 11 is 0. The van der Waals surface area contributed by atoms with Gasteiger partial charge in [0.2, 0.25) is 0 Å². The minimum atomic E-state index is 0.284. The fourth-order valence-electron chi connectivity index (χ4n) is 2.30. The molecular formula is C13H20N2. The van der Waals surface area contributed by atoms with Gasteiger partial charge in [0.15, 0.2) is 0 Å². The molecule has 2 rings (SSSR count). The number of nitrogens with zero attached hydrogens (tertiary/aromatic N) is 1. The smallest absolute Gasteiger partial charge is 0.0139 e. The Morgan fingerprint density at radius 3 is 2.20 bits per heavy atom. The fraction of sp³-hybridized carbons (Fsp3) is 0.538. The second kappa shape index (κ2) is 4.77. The normalized spacial score (nSPS) is 19.3. The summed E-state index contributed by atoms with van der Waals surface area (Å²) in [4.78, 5) is 2.48. The summed E-state index contributed by atoms with van der Waals surface area (Å²) in [6.45, 7) is 5.41. The zero-order valence-corrected chi connectivity index (χ0v) is 9.45. The van der Waals surface area contributed by atoms with Crippen molar-refractivity contribution in [2.45, 2.75) is 25.8 Å². The lowest BCUT2D eigenvalue weighted by Gasteiger charge is -2.21. The monoisotopic (exact) mass is 204 g/mol. The lowest BCUT2D eigenvalue weighted by Crippen LogP contribution is -2.37. The molecule has 2 nitrogen and oxygen atoms in total. The van der Waals surface area contributed by atoms with Crippen molar-refractivity contribution in [3.05, 3.63) is 35.4 Å². The van der Waals surface area contributed by atoms with Crippen LogP contribution < -0.4 is 5.73 Å². The maximum Gasteiger partial charge on any atom is 0.0139 e. The summed E-state index contributed by atoms with van der Waals surface area (Å²) in [6.07, 6.45) is 2.34. The Labute approximate surface area is 92.1 Å². The first-order chi connectivity index (χ1) is 7.25. The van der Waals surface area contributed by atoms with E-state index in [1.807, 2.05) is 0 Å². The molecular weight excluding hydrogens is 184 g/mol. The third-order valence-corrected chi connectivity index (χ3v) is 3.06. The van der Waals surface area contributed by atoms with Crippen LogP contribution in [0.15, 0.2) is 24.3 Å². The molecule has 0 unspecified atom stereocenters. The van der Waals surface area contributed by atoms with Crippen molar-refractivity contribution < 1.29 is 0 Å². The number of rotatable bonds is 2. The summed E-state index contributed by atoms with van der Waals surface area (Å²) in [6, 6.07) is 9.07. The van der Waals surface area contributed by atoms with Crippen LogP contribution in [0.5, 0.6) is 0 Å². The molecule has 0 fully saturated rings. The van der Waals surface area contributed by atoms with E-state index in [1.165, 1.54) is 24.0 Å². The summed E-state index contributed by atoms with van der Waals surface area (Å²) in [7, 11) is 0. The van der Waals surface area contributed by atoms with Crippen LogP contribution in [0.1, 0.15) is 18.1 Å². The molecule has 0 aromatic heterocycles. The molecule has 0 saturated heterocycles. The van der Waals surface area contributed by atoms with Gasteiger partial charge in [0.25, 0.3) is 0 Å². The first-order valence-electron chi connectivity index (χ1n) is 5.80. The van der Waals surface area contributed by atoms with Crippen LogP contribution in [-0.4, -0.2) is 30.6 Å². The summed E-state index contributed by atoms with van der Waals surface area (Å²) in [5.74, 6) is 0. The highest BCUT2D eigenvalue weighted by Crippen LogP contribution is 2.15. The summed E-state index contributed by atoms with van der Waals surface area (Å²) < 4.78 is 0. The van der Waals surface area contributed by atoms with Gasteiger partial charge < -0.3 is 10.6 Å². The molecule has 0 amide bonds. The van der Waals surface area contributed by atoms with Gasteiger partial charge in [0.1, 0.15) is 0 Å². The van der Waals surface area contributed by atoms with Gasteiger partial charge in [-0.15, -0.1) is 0 Å². The lowest BCUT2D eigenvalue weighted by molar-refractivity contribution is 0.274. The average molecular weight is 204 g/mol.